The van der Waals surface area contributed by atoms with Crippen molar-refractivity contribution in [3.63, 3.8) is 0 Å². The molecule has 4 rings (SSSR count). The fourth-order valence-electron chi connectivity index (χ4n) is 3.04. The molecule has 8 nitrogen and oxygen atoms in total. The Morgan fingerprint density at radius 3 is 2.85 bits per heavy atom. The molecule has 3 aromatic rings. The van der Waals surface area contributed by atoms with E-state index in [0.717, 1.165) is 11.1 Å². The molecule has 8 heteroatoms. The van der Waals surface area contributed by atoms with Gasteiger partial charge in [-0.3, -0.25) is 4.79 Å². The number of rotatable bonds is 5. The van der Waals surface area contributed by atoms with Crippen LogP contribution in [0.25, 0.3) is 16.9 Å². The summed E-state index contributed by atoms with van der Waals surface area (Å²) in [6, 6.07) is 3.79. The van der Waals surface area contributed by atoms with Crippen molar-refractivity contribution in [1.29, 1.82) is 0 Å². The van der Waals surface area contributed by atoms with E-state index in [9.17, 15) is 4.79 Å². The van der Waals surface area contributed by atoms with E-state index in [1.54, 1.807) is 30.2 Å². The maximum absolute atomic E-state index is 11.5. The zero-order chi connectivity index (χ0) is 18.1. The van der Waals surface area contributed by atoms with Gasteiger partial charge in [-0.2, -0.15) is 5.10 Å². The van der Waals surface area contributed by atoms with Crippen molar-refractivity contribution in [2.75, 3.05) is 13.7 Å². The predicted octanol–water partition coefficient (Wildman–Crippen LogP) is 1.70. The Kier molecular flexibility index (Phi) is 4.16. The lowest BCUT2D eigenvalue weighted by Gasteiger charge is -2.20. The highest BCUT2D eigenvalue weighted by Crippen LogP contribution is 2.29. The van der Waals surface area contributed by atoms with Crippen LogP contribution in [-0.2, 0) is 4.79 Å². The monoisotopic (exact) mass is 353 g/mol. The van der Waals surface area contributed by atoms with Gasteiger partial charge in [0.25, 0.3) is 0 Å². The number of methoxy groups -OCH3 is 1. The molecule has 1 aliphatic heterocycles. The van der Waals surface area contributed by atoms with Gasteiger partial charge >= 0.3 is 0 Å². The SMILES string of the molecule is COc1cnc(-c2cc(O[C@H](C)C3CNC(=O)C3)c3ccnn3c2)nc1. The van der Waals surface area contributed by atoms with Crippen LogP contribution < -0.4 is 14.8 Å². The highest BCUT2D eigenvalue weighted by Gasteiger charge is 2.28. The minimum atomic E-state index is -0.111. The molecule has 0 aliphatic carbocycles. The third-order valence-electron chi connectivity index (χ3n) is 4.58. The van der Waals surface area contributed by atoms with Crippen molar-refractivity contribution in [2.24, 2.45) is 5.92 Å². The topological polar surface area (TPSA) is 90.6 Å². The van der Waals surface area contributed by atoms with E-state index >= 15 is 0 Å². The molecule has 0 bridgehead atoms. The van der Waals surface area contributed by atoms with Gasteiger partial charge in [0.1, 0.15) is 17.4 Å². The van der Waals surface area contributed by atoms with Crippen LogP contribution in [0.15, 0.2) is 36.9 Å². The summed E-state index contributed by atoms with van der Waals surface area (Å²) >= 11 is 0. The van der Waals surface area contributed by atoms with E-state index in [2.05, 4.69) is 20.4 Å². The molecular weight excluding hydrogens is 334 g/mol. The van der Waals surface area contributed by atoms with Crippen molar-refractivity contribution in [2.45, 2.75) is 19.4 Å². The number of carbonyl (C=O) groups is 1. The number of ether oxygens (including phenoxy) is 2. The van der Waals surface area contributed by atoms with Crippen molar-refractivity contribution in [3.8, 4) is 22.9 Å². The molecule has 1 N–H and O–H groups in total. The molecule has 1 unspecified atom stereocenters. The summed E-state index contributed by atoms with van der Waals surface area (Å²) in [6.07, 6.45) is 7.18. The van der Waals surface area contributed by atoms with Gasteiger partial charge in [-0.15, -0.1) is 0 Å². The second-order valence-corrected chi connectivity index (χ2v) is 6.29. The molecule has 1 saturated heterocycles. The number of pyridine rings is 1. The lowest BCUT2D eigenvalue weighted by Crippen LogP contribution is -2.25. The number of carbonyl (C=O) groups excluding carboxylic acids is 1. The highest BCUT2D eigenvalue weighted by atomic mass is 16.5. The second-order valence-electron chi connectivity index (χ2n) is 6.29. The van der Waals surface area contributed by atoms with Crippen LogP contribution in [0.4, 0.5) is 0 Å². The molecule has 0 aromatic carbocycles. The van der Waals surface area contributed by atoms with Gasteiger partial charge in [-0.25, -0.2) is 14.5 Å². The normalized spacial score (nSPS) is 17.9. The van der Waals surface area contributed by atoms with Gasteiger partial charge in [-0.05, 0) is 19.1 Å². The first kappa shape index (κ1) is 16.3. The number of fused-ring (bicyclic) bond motifs is 1. The van der Waals surface area contributed by atoms with Crippen molar-refractivity contribution < 1.29 is 14.3 Å². The molecule has 1 fully saturated rings. The van der Waals surface area contributed by atoms with Gasteiger partial charge < -0.3 is 14.8 Å². The summed E-state index contributed by atoms with van der Waals surface area (Å²) in [5.41, 5.74) is 1.64. The Morgan fingerprint density at radius 2 is 2.15 bits per heavy atom. The number of hydrogen-bond donors (Lipinski definition) is 1. The van der Waals surface area contributed by atoms with E-state index in [4.69, 9.17) is 9.47 Å². The Bertz CT molecular complexity index is 938. The zero-order valence-corrected chi connectivity index (χ0v) is 14.5. The molecule has 0 saturated carbocycles. The number of hydrogen-bond acceptors (Lipinski definition) is 6. The Balaban J connectivity index is 1.67. The number of aromatic nitrogens is 4. The highest BCUT2D eigenvalue weighted by molar-refractivity contribution is 5.78. The smallest absolute Gasteiger partial charge is 0.220 e. The summed E-state index contributed by atoms with van der Waals surface area (Å²) < 4.78 is 13.0. The van der Waals surface area contributed by atoms with Crippen LogP contribution >= 0.6 is 0 Å². The number of nitrogens with zero attached hydrogens (tertiary/aromatic N) is 4. The van der Waals surface area contributed by atoms with E-state index in [1.807, 2.05) is 25.3 Å². The molecule has 134 valence electrons. The fourth-order valence-corrected chi connectivity index (χ4v) is 3.04. The van der Waals surface area contributed by atoms with Crippen molar-refractivity contribution in [1.82, 2.24) is 24.9 Å². The molecule has 26 heavy (non-hydrogen) atoms. The third kappa shape index (κ3) is 3.05. The van der Waals surface area contributed by atoms with E-state index in [-0.39, 0.29) is 17.9 Å². The summed E-state index contributed by atoms with van der Waals surface area (Å²) in [7, 11) is 1.57. The standard InChI is InChI=1S/C18H19N5O3/c1-11(12-6-17(24)19-7-12)26-16-5-13(10-23-15(16)3-4-22-23)18-20-8-14(25-2)9-21-18/h3-5,8-12H,6-7H2,1-2H3,(H,19,24)/t11-,12?/m1/s1. The number of amides is 1. The van der Waals surface area contributed by atoms with Crippen molar-refractivity contribution >= 4 is 11.4 Å². The van der Waals surface area contributed by atoms with E-state index < -0.39 is 0 Å². The van der Waals surface area contributed by atoms with Crippen LogP contribution in [-0.4, -0.2) is 45.2 Å². The quantitative estimate of drug-likeness (QED) is 0.751. The summed E-state index contributed by atoms with van der Waals surface area (Å²) in [4.78, 5) is 20.1. The first-order valence-corrected chi connectivity index (χ1v) is 8.41. The largest absolute Gasteiger partial charge is 0.494 e. The van der Waals surface area contributed by atoms with Gasteiger partial charge in [0, 0.05) is 30.6 Å². The molecule has 0 spiro atoms. The maximum atomic E-state index is 11.5. The molecule has 2 atom stereocenters. The molecule has 0 radical (unpaired) electrons. The summed E-state index contributed by atoms with van der Waals surface area (Å²) in [5.74, 6) is 2.05. The lowest BCUT2D eigenvalue weighted by atomic mass is 10.0. The van der Waals surface area contributed by atoms with Crippen LogP contribution in [0.1, 0.15) is 13.3 Å². The minimum absolute atomic E-state index is 0.0698. The van der Waals surface area contributed by atoms with Gasteiger partial charge in [0.15, 0.2) is 11.6 Å². The lowest BCUT2D eigenvalue weighted by molar-refractivity contribution is -0.119. The first-order chi connectivity index (χ1) is 12.6. The van der Waals surface area contributed by atoms with Crippen LogP contribution in [0.2, 0.25) is 0 Å². The zero-order valence-electron chi connectivity index (χ0n) is 14.5. The number of nitrogens with one attached hydrogen (secondary N) is 1. The Labute approximate surface area is 150 Å². The molecule has 3 aromatic heterocycles. The fraction of sp³-hybridized carbons (Fsp3) is 0.333. The first-order valence-electron chi connectivity index (χ1n) is 8.41. The Hall–Kier alpha value is -3.16. The van der Waals surface area contributed by atoms with Crippen LogP contribution in [0, 0.1) is 5.92 Å². The van der Waals surface area contributed by atoms with E-state index in [1.165, 1.54) is 0 Å². The minimum Gasteiger partial charge on any atom is -0.494 e. The van der Waals surface area contributed by atoms with Crippen LogP contribution in [0.3, 0.4) is 0 Å². The average Bonchev–Trinajstić information content (AvgIpc) is 3.30. The predicted molar refractivity (Wildman–Crippen MR) is 94.0 cm³/mol. The maximum Gasteiger partial charge on any atom is 0.220 e. The van der Waals surface area contributed by atoms with Crippen LogP contribution in [0.5, 0.6) is 11.5 Å². The molecule has 1 aliphatic rings. The molecular formula is C18H19N5O3. The van der Waals surface area contributed by atoms with Gasteiger partial charge in [0.05, 0.1) is 25.7 Å². The summed E-state index contributed by atoms with van der Waals surface area (Å²) in [5, 5.41) is 7.15. The van der Waals surface area contributed by atoms with Gasteiger partial charge in [0.2, 0.25) is 5.91 Å². The summed E-state index contributed by atoms with van der Waals surface area (Å²) in [6.45, 7) is 2.62. The van der Waals surface area contributed by atoms with E-state index in [0.29, 0.717) is 30.3 Å². The average molecular weight is 353 g/mol. The van der Waals surface area contributed by atoms with Gasteiger partial charge in [-0.1, -0.05) is 0 Å². The second kappa shape index (κ2) is 6.62. The molecule has 1 amide bonds. The van der Waals surface area contributed by atoms with Crippen molar-refractivity contribution in [3.05, 3.63) is 36.9 Å². The Morgan fingerprint density at radius 1 is 1.35 bits per heavy atom. The molecule has 4 heterocycles. The third-order valence-corrected chi connectivity index (χ3v) is 4.58.